The first-order chi connectivity index (χ1) is 9.12. The van der Waals surface area contributed by atoms with E-state index in [1.165, 1.54) is 23.4 Å². The first-order valence-electron chi connectivity index (χ1n) is 5.59. The molecular weight excluding hydrogens is 272 g/mol. The topological polar surface area (TPSA) is 126 Å². The smallest absolute Gasteiger partial charge is 0.243 e. The van der Waals surface area contributed by atoms with Gasteiger partial charge in [-0.3, -0.25) is 9.78 Å². The maximum Gasteiger partial charge on any atom is 0.243 e. The third kappa shape index (κ3) is 3.59. The van der Waals surface area contributed by atoms with Crippen LogP contribution in [-0.4, -0.2) is 51.6 Å². The second kappa shape index (κ2) is 5.91. The highest BCUT2D eigenvalue weighted by Gasteiger charge is 2.15. The van der Waals surface area contributed by atoms with Gasteiger partial charge in [-0.05, 0) is 0 Å². The predicted molar refractivity (Wildman–Crippen MR) is 64.6 cm³/mol. The van der Waals surface area contributed by atoms with Crippen molar-refractivity contribution in [1.29, 1.82) is 0 Å². The Bertz CT molecular complexity index is 606. The summed E-state index contributed by atoms with van der Waals surface area (Å²) in [7, 11) is -3.59. The Labute approximate surface area is 109 Å². The normalized spacial score (nSPS) is 11.8. The summed E-state index contributed by atoms with van der Waals surface area (Å²) in [6, 6.07) is 0. The Hall–Kier alpha value is -1.78. The number of sulfonamides is 1. The van der Waals surface area contributed by atoms with E-state index in [0.29, 0.717) is 12.2 Å². The fourth-order valence-corrected chi connectivity index (χ4v) is 2.43. The minimum Gasteiger partial charge on any atom is -0.394 e. The summed E-state index contributed by atoms with van der Waals surface area (Å²) < 4.78 is 27.6. The molecule has 0 radical (unpaired) electrons. The lowest BCUT2D eigenvalue weighted by atomic mass is 10.4. The lowest BCUT2D eigenvalue weighted by Gasteiger charge is -2.02. The zero-order valence-corrected chi connectivity index (χ0v) is 10.8. The van der Waals surface area contributed by atoms with Gasteiger partial charge in [-0.15, -0.1) is 0 Å². The van der Waals surface area contributed by atoms with Gasteiger partial charge in [0.25, 0.3) is 0 Å². The molecule has 9 nitrogen and oxygen atoms in total. The number of hydrogen-bond acceptors (Lipinski definition) is 6. The molecule has 0 saturated heterocycles. The molecule has 0 aromatic carbocycles. The lowest BCUT2D eigenvalue weighted by Crippen LogP contribution is -2.26. The van der Waals surface area contributed by atoms with E-state index in [9.17, 15) is 8.42 Å². The molecule has 0 saturated carbocycles. The minimum atomic E-state index is -3.59. The zero-order valence-electron chi connectivity index (χ0n) is 10.0. The molecule has 2 rings (SSSR count). The summed E-state index contributed by atoms with van der Waals surface area (Å²) in [4.78, 5) is 3.96. The van der Waals surface area contributed by atoms with E-state index in [0.717, 1.165) is 0 Å². The molecule has 0 aliphatic rings. The SMILES string of the molecule is O=S(=O)(NCCc1ncn[nH]1)c1cnn(CCO)c1. The summed E-state index contributed by atoms with van der Waals surface area (Å²) in [5.74, 6) is 0.610. The molecule has 0 aliphatic carbocycles. The molecule has 2 aromatic rings. The number of aliphatic hydroxyl groups excluding tert-OH is 1. The van der Waals surface area contributed by atoms with E-state index in [1.807, 2.05) is 0 Å². The summed E-state index contributed by atoms with van der Waals surface area (Å²) in [5.41, 5.74) is 0. The third-order valence-electron chi connectivity index (χ3n) is 2.37. The van der Waals surface area contributed by atoms with Gasteiger partial charge in [0.2, 0.25) is 10.0 Å². The second-order valence-corrected chi connectivity index (χ2v) is 5.51. The van der Waals surface area contributed by atoms with Crippen molar-refractivity contribution in [2.45, 2.75) is 17.9 Å². The van der Waals surface area contributed by atoms with Gasteiger partial charge in [-0.25, -0.2) is 18.1 Å². The van der Waals surface area contributed by atoms with Crippen LogP contribution >= 0.6 is 0 Å². The van der Waals surface area contributed by atoms with E-state index in [1.54, 1.807) is 0 Å². The van der Waals surface area contributed by atoms with Crippen LogP contribution in [0, 0.1) is 0 Å². The summed E-state index contributed by atoms with van der Waals surface area (Å²) in [5, 5.41) is 18.9. The highest BCUT2D eigenvalue weighted by atomic mass is 32.2. The van der Waals surface area contributed by atoms with Crippen LogP contribution < -0.4 is 4.72 Å². The van der Waals surface area contributed by atoms with E-state index in [2.05, 4.69) is 25.0 Å². The number of nitrogens with zero attached hydrogens (tertiary/aromatic N) is 4. The molecule has 2 heterocycles. The van der Waals surface area contributed by atoms with E-state index in [4.69, 9.17) is 5.11 Å². The predicted octanol–water partition coefficient (Wildman–Crippen LogP) is -1.49. The number of H-pyrrole nitrogens is 1. The Kier molecular flexibility index (Phi) is 4.24. The monoisotopic (exact) mass is 286 g/mol. The molecular formula is C9H14N6O3S. The zero-order chi connectivity index (χ0) is 13.7. The fraction of sp³-hybridized carbons (Fsp3) is 0.444. The Balaban J connectivity index is 1.93. The lowest BCUT2D eigenvalue weighted by molar-refractivity contribution is 0.269. The van der Waals surface area contributed by atoms with Crippen LogP contribution in [0.1, 0.15) is 5.82 Å². The molecule has 3 N–H and O–H groups in total. The maximum atomic E-state index is 11.9. The van der Waals surface area contributed by atoms with Crippen molar-refractivity contribution in [3.63, 3.8) is 0 Å². The quantitative estimate of drug-likeness (QED) is 0.569. The van der Waals surface area contributed by atoms with Crippen molar-refractivity contribution < 1.29 is 13.5 Å². The number of nitrogens with one attached hydrogen (secondary N) is 2. The van der Waals surface area contributed by atoms with Crippen molar-refractivity contribution in [3.8, 4) is 0 Å². The average molecular weight is 286 g/mol. The summed E-state index contributed by atoms with van der Waals surface area (Å²) in [6.07, 6.45) is 4.40. The van der Waals surface area contributed by atoms with Crippen molar-refractivity contribution in [3.05, 3.63) is 24.5 Å². The van der Waals surface area contributed by atoms with E-state index in [-0.39, 0.29) is 24.6 Å². The van der Waals surface area contributed by atoms with Gasteiger partial charge in [0.1, 0.15) is 17.0 Å². The molecule has 0 unspecified atom stereocenters. The molecule has 0 aliphatic heterocycles. The molecule has 0 bridgehead atoms. The Morgan fingerprint density at radius 2 is 2.32 bits per heavy atom. The van der Waals surface area contributed by atoms with Gasteiger partial charge in [0.05, 0.1) is 19.3 Å². The molecule has 0 fully saturated rings. The second-order valence-electron chi connectivity index (χ2n) is 3.74. The van der Waals surface area contributed by atoms with E-state index < -0.39 is 10.0 Å². The number of aliphatic hydroxyl groups is 1. The number of aromatic nitrogens is 5. The Morgan fingerprint density at radius 3 is 3.00 bits per heavy atom. The number of hydrogen-bond donors (Lipinski definition) is 3. The van der Waals surface area contributed by atoms with Crippen LogP contribution in [0.15, 0.2) is 23.6 Å². The average Bonchev–Trinajstić information content (AvgIpc) is 3.00. The first-order valence-corrected chi connectivity index (χ1v) is 7.07. The fourth-order valence-electron chi connectivity index (χ4n) is 1.45. The summed E-state index contributed by atoms with van der Waals surface area (Å²) >= 11 is 0. The van der Waals surface area contributed by atoms with Gasteiger partial charge < -0.3 is 5.11 Å². The van der Waals surface area contributed by atoms with Gasteiger partial charge in [-0.1, -0.05) is 0 Å². The van der Waals surface area contributed by atoms with Crippen LogP contribution in [0.5, 0.6) is 0 Å². The Morgan fingerprint density at radius 1 is 1.47 bits per heavy atom. The minimum absolute atomic E-state index is 0.0681. The first kappa shape index (κ1) is 13.6. The highest BCUT2D eigenvalue weighted by Crippen LogP contribution is 2.06. The third-order valence-corrected chi connectivity index (χ3v) is 3.78. The van der Waals surface area contributed by atoms with Crippen molar-refractivity contribution >= 4 is 10.0 Å². The molecule has 10 heteroatoms. The van der Waals surface area contributed by atoms with Gasteiger partial charge in [-0.2, -0.15) is 10.2 Å². The van der Waals surface area contributed by atoms with Crippen molar-refractivity contribution in [1.82, 2.24) is 29.7 Å². The standard InChI is InChI=1S/C9H14N6O3S/c16-4-3-15-6-8(5-12-15)19(17,18)13-2-1-9-10-7-11-14-9/h5-7,13,16H,1-4H2,(H,10,11,14). The van der Waals surface area contributed by atoms with Crippen LogP contribution in [0.25, 0.3) is 0 Å². The number of rotatable bonds is 7. The summed E-state index contributed by atoms with van der Waals surface area (Å²) in [6.45, 7) is 0.371. The van der Waals surface area contributed by atoms with E-state index >= 15 is 0 Å². The number of aromatic amines is 1. The van der Waals surface area contributed by atoms with Crippen LogP contribution in [0.3, 0.4) is 0 Å². The van der Waals surface area contributed by atoms with Crippen LogP contribution in [-0.2, 0) is 23.0 Å². The van der Waals surface area contributed by atoms with Gasteiger partial charge >= 0.3 is 0 Å². The molecule has 0 spiro atoms. The molecule has 19 heavy (non-hydrogen) atoms. The highest BCUT2D eigenvalue weighted by molar-refractivity contribution is 7.89. The van der Waals surface area contributed by atoms with Crippen LogP contribution in [0.2, 0.25) is 0 Å². The van der Waals surface area contributed by atoms with Gasteiger partial charge in [0.15, 0.2) is 0 Å². The largest absolute Gasteiger partial charge is 0.394 e. The molecule has 0 atom stereocenters. The maximum absolute atomic E-state index is 11.9. The van der Waals surface area contributed by atoms with Crippen LogP contribution in [0.4, 0.5) is 0 Å². The van der Waals surface area contributed by atoms with Crippen molar-refractivity contribution in [2.24, 2.45) is 0 Å². The molecule has 2 aromatic heterocycles. The molecule has 104 valence electrons. The van der Waals surface area contributed by atoms with Gasteiger partial charge in [0, 0.05) is 19.2 Å². The van der Waals surface area contributed by atoms with Crippen molar-refractivity contribution in [2.75, 3.05) is 13.2 Å². The molecule has 0 amide bonds.